The Kier molecular flexibility index (Phi) is 3.99. The first-order valence-electron chi connectivity index (χ1n) is 7.84. The molecule has 22 heavy (non-hydrogen) atoms. The fourth-order valence-electron chi connectivity index (χ4n) is 2.87. The number of hydrogen-bond donors (Lipinski definition) is 1. The maximum Gasteiger partial charge on any atom is 0.140 e. The molecule has 0 bridgehead atoms. The second-order valence-electron chi connectivity index (χ2n) is 6.17. The van der Waals surface area contributed by atoms with Gasteiger partial charge in [-0.05, 0) is 35.6 Å². The lowest BCUT2D eigenvalue weighted by molar-refractivity contribution is 0.864. The van der Waals surface area contributed by atoms with Crippen molar-refractivity contribution in [2.24, 2.45) is 5.73 Å². The number of aryl methyl sites for hydroxylation is 1. The van der Waals surface area contributed by atoms with Gasteiger partial charge in [0.1, 0.15) is 5.65 Å². The van der Waals surface area contributed by atoms with Crippen LogP contribution in [-0.4, -0.2) is 9.38 Å². The van der Waals surface area contributed by atoms with Gasteiger partial charge in [-0.3, -0.25) is 0 Å². The van der Waals surface area contributed by atoms with E-state index in [1.165, 1.54) is 16.7 Å². The molecule has 2 heterocycles. The fraction of sp³-hybridized carbons (Fsp3) is 0.316. The van der Waals surface area contributed by atoms with Crippen LogP contribution in [-0.2, 0) is 13.0 Å². The topological polar surface area (TPSA) is 43.3 Å². The standard InChI is InChI=1S/C19H23N3/c1-13(2)16-8-6-15(7-9-16)11-17-18(12-20)22-10-4-5-14(3)19(22)21-17/h4-10,13H,11-12,20H2,1-3H3. The van der Waals surface area contributed by atoms with Crippen molar-refractivity contribution in [2.45, 2.75) is 39.7 Å². The highest BCUT2D eigenvalue weighted by Gasteiger charge is 2.12. The van der Waals surface area contributed by atoms with Crippen molar-refractivity contribution in [3.63, 3.8) is 0 Å². The van der Waals surface area contributed by atoms with Crippen LogP contribution in [0.15, 0.2) is 42.6 Å². The molecule has 2 aromatic heterocycles. The minimum atomic E-state index is 0.504. The van der Waals surface area contributed by atoms with Crippen molar-refractivity contribution >= 4 is 5.65 Å². The van der Waals surface area contributed by atoms with Gasteiger partial charge in [0.2, 0.25) is 0 Å². The van der Waals surface area contributed by atoms with Crippen molar-refractivity contribution in [1.82, 2.24) is 9.38 Å². The van der Waals surface area contributed by atoms with E-state index < -0.39 is 0 Å². The van der Waals surface area contributed by atoms with E-state index in [1.54, 1.807) is 0 Å². The first-order chi connectivity index (χ1) is 10.6. The maximum atomic E-state index is 5.97. The van der Waals surface area contributed by atoms with Crippen LogP contribution in [0.4, 0.5) is 0 Å². The average Bonchev–Trinajstić information content (AvgIpc) is 2.86. The number of fused-ring (bicyclic) bond motifs is 1. The SMILES string of the molecule is Cc1cccn2c(CN)c(Cc3ccc(C(C)C)cc3)nc12. The van der Waals surface area contributed by atoms with E-state index in [1.807, 2.05) is 12.3 Å². The molecule has 3 rings (SSSR count). The van der Waals surface area contributed by atoms with Gasteiger partial charge in [-0.2, -0.15) is 0 Å². The Morgan fingerprint density at radius 1 is 1.14 bits per heavy atom. The molecule has 0 radical (unpaired) electrons. The van der Waals surface area contributed by atoms with Gasteiger partial charge in [-0.1, -0.05) is 44.2 Å². The molecule has 114 valence electrons. The lowest BCUT2D eigenvalue weighted by Crippen LogP contribution is -2.04. The van der Waals surface area contributed by atoms with Gasteiger partial charge < -0.3 is 10.1 Å². The van der Waals surface area contributed by atoms with Gasteiger partial charge in [0.15, 0.2) is 0 Å². The molecule has 0 aliphatic rings. The second kappa shape index (κ2) is 5.93. The van der Waals surface area contributed by atoms with Crippen LogP contribution in [0.25, 0.3) is 5.65 Å². The molecule has 0 fully saturated rings. The predicted octanol–water partition coefficient (Wildman–Crippen LogP) is 3.82. The predicted molar refractivity (Wildman–Crippen MR) is 91.2 cm³/mol. The molecular formula is C19H23N3. The summed E-state index contributed by atoms with van der Waals surface area (Å²) < 4.78 is 2.12. The molecule has 0 aliphatic carbocycles. The smallest absolute Gasteiger partial charge is 0.140 e. The molecule has 0 saturated heterocycles. The summed E-state index contributed by atoms with van der Waals surface area (Å²) >= 11 is 0. The van der Waals surface area contributed by atoms with Gasteiger partial charge in [0.25, 0.3) is 0 Å². The van der Waals surface area contributed by atoms with Gasteiger partial charge in [-0.25, -0.2) is 4.98 Å². The molecule has 2 N–H and O–H groups in total. The molecule has 3 heteroatoms. The first kappa shape index (κ1) is 14.8. The minimum Gasteiger partial charge on any atom is -0.325 e. The monoisotopic (exact) mass is 293 g/mol. The number of rotatable bonds is 4. The molecule has 0 aliphatic heterocycles. The Balaban J connectivity index is 1.98. The van der Waals surface area contributed by atoms with Crippen LogP contribution in [0.3, 0.4) is 0 Å². The molecule has 0 amide bonds. The fourth-order valence-corrected chi connectivity index (χ4v) is 2.87. The number of imidazole rings is 1. The van der Waals surface area contributed by atoms with E-state index in [4.69, 9.17) is 10.7 Å². The summed E-state index contributed by atoms with van der Waals surface area (Å²) in [7, 11) is 0. The van der Waals surface area contributed by atoms with E-state index in [-0.39, 0.29) is 0 Å². The van der Waals surface area contributed by atoms with Crippen LogP contribution in [0, 0.1) is 6.92 Å². The van der Waals surface area contributed by atoms with Crippen LogP contribution < -0.4 is 5.73 Å². The van der Waals surface area contributed by atoms with Crippen molar-refractivity contribution < 1.29 is 0 Å². The third-order valence-corrected chi connectivity index (χ3v) is 4.24. The van der Waals surface area contributed by atoms with Crippen molar-refractivity contribution in [3.8, 4) is 0 Å². The van der Waals surface area contributed by atoms with Gasteiger partial charge in [-0.15, -0.1) is 0 Å². The number of pyridine rings is 1. The summed E-state index contributed by atoms with van der Waals surface area (Å²) in [5.41, 5.74) is 13.0. The zero-order valence-electron chi connectivity index (χ0n) is 13.5. The van der Waals surface area contributed by atoms with E-state index in [2.05, 4.69) is 55.5 Å². The molecule has 0 unspecified atom stereocenters. The maximum absolute atomic E-state index is 5.97. The average molecular weight is 293 g/mol. The number of hydrogen-bond acceptors (Lipinski definition) is 2. The summed E-state index contributed by atoms with van der Waals surface area (Å²) in [6.07, 6.45) is 2.87. The lowest BCUT2D eigenvalue weighted by atomic mass is 10.00. The highest BCUT2D eigenvalue weighted by molar-refractivity contribution is 5.51. The van der Waals surface area contributed by atoms with E-state index in [0.717, 1.165) is 23.5 Å². The molecule has 3 nitrogen and oxygen atoms in total. The Hall–Kier alpha value is -2.13. The van der Waals surface area contributed by atoms with Crippen LogP contribution in [0.2, 0.25) is 0 Å². The minimum absolute atomic E-state index is 0.504. The number of aromatic nitrogens is 2. The summed E-state index contributed by atoms with van der Waals surface area (Å²) in [5.74, 6) is 0.562. The first-order valence-corrected chi connectivity index (χ1v) is 7.84. The van der Waals surface area contributed by atoms with E-state index >= 15 is 0 Å². The Morgan fingerprint density at radius 2 is 1.86 bits per heavy atom. The van der Waals surface area contributed by atoms with Gasteiger partial charge in [0.05, 0.1) is 11.4 Å². The largest absolute Gasteiger partial charge is 0.325 e. The third-order valence-electron chi connectivity index (χ3n) is 4.24. The van der Waals surface area contributed by atoms with E-state index in [0.29, 0.717) is 12.5 Å². The molecular weight excluding hydrogens is 270 g/mol. The molecule has 0 spiro atoms. The number of nitrogens with two attached hydrogens (primary N) is 1. The van der Waals surface area contributed by atoms with Crippen LogP contribution in [0.5, 0.6) is 0 Å². The summed E-state index contributed by atoms with van der Waals surface area (Å²) in [6, 6.07) is 13.0. The zero-order valence-corrected chi connectivity index (χ0v) is 13.5. The summed E-state index contributed by atoms with van der Waals surface area (Å²) in [5, 5.41) is 0. The lowest BCUT2D eigenvalue weighted by Gasteiger charge is -2.07. The normalized spacial score (nSPS) is 11.5. The molecule has 1 aromatic carbocycles. The highest BCUT2D eigenvalue weighted by Crippen LogP contribution is 2.20. The van der Waals surface area contributed by atoms with Crippen LogP contribution >= 0.6 is 0 Å². The quantitative estimate of drug-likeness (QED) is 0.794. The molecule has 0 atom stereocenters. The van der Waals surface area contributed by atoms with Gasteiger partial charge >= 0.3 is 0 Å². The third kappa shape index (κ3) is 2.64. The van der Waals surface area contributed by atoms with Gasteiger partial charge in [0, 0.05) is 19.2 Å². The molecule has 0 saturated carbocycles. The summed E-state index contributed by atoms with van der Waals surface area (Å²) in [4.78, 5) is 4.82. The second-order valence-corrected chi connectivity index (χ2v) is 6.17. The Bertz CT molecular complexity index is 782. The van der Waals surface area contributed by atoms with Crippen molar-refractivity contribution in [2.75, 3.05) is 0 Å². The highest BCUT2D eigenvalue weighted by atomic mass is 15.0. The van der Waals surface area contributed by atoms with Crippen molar-refractivity contribution in [1.29, 1.82) is 0 Å². The molecule has 3 aromatic rings. The number of nitrogens with zero attached hydrogens (tertiary/aromatic N) is 2. The number of benzene rings is 1. The van der Waals surface area contributed by atoms with E-state index in [9.17, 15) is 0 Å². The van der Waals surface area contributed by atoms with Crippen molar-refractivity contribution in [3.05, 3.63) is 70.7 Å². The Morgan fingerprint density at radius 3 is 2.50 bits per heavy atom. The van der Waals surface area contributed by atoms with Crippen LogP contribution in [0.1, 0.15) is 47.8 Å². The zero-order chi connectivity index (χ0) is 15.7. The summed E-state index contributed by atoms with van der Waals surface area (Å²) in [6.45, 7) is 7.02. The Labute approximate surface area is 131 Å².